The third-order valence-corrected chi connectivity index (χ3v) is 2.19. The van der Waals surface area contributed by atoms with Crippen LogP contribution in [0.5, 0.6) is 5.75 Å². The van der Waals surface area contributed by atoms with Crippen LogP contribution < -0.4 is 10.1 Å². The smallest absolute Gasteiger partial charge is 0.344 e. The third kappa shape index (κ3) is 5.59. The van der Waals surface area contributed by atoms with Gasteiger partial charge >= 0.3 is 5.97 Å². The number of nitrogens with one attached hydrogen (secondary N) is 1. The highest BCUT2D eigenvalue weighted by Crippen LogP contribution is 2.15. The van der Waals surface area contributed by atoms with Crippen LogP contribution in [0.25, 0.3) is 0 Å². The number of carbonyl (C=O) groups is 2. The number of rotatable bonds is 6. The van der Waals surface area contributed by atoms with Gasteiger partial charge in [-0.25, -0.2) is 4.79 Å². The van der Waals surface area contributed by atoms with Crippen LogP contribution in [0.3, 0.4) is 0 Å². The number of para-hydroxylation sites is 1. The molecule has 0 bridgehead atoms. The predicted molar refractivity (Wildman–Crippen MR) is 69.5 cm³/mol. The third-order valence-electron chi connectivity index (χ3n) is 2.19. The van der Waals surface area contributed by atoms with E-state index in [1.54, 1.807) is 12.1 Å². The van der Waals surface area contributed by atoms with Crippen molar-refractivity contribution in [1.29, 1.82) is 0 Å². The van der Waals surface area contributed by atoms with Gasteiger partial charge in [0.1, 0.15) is 5.75 Å². The average Bonchev–Trinajstić information content (AvgIpc) is 2.42. The van der Waals surface area contributed by atoms with Gasteiger partial charge in [0, 0.05) is 0 Å². The van der Waals surface area contributed by atoms with Crippen molar-refractivity contribution in [2.45, 2.75) is 6.92 Å². The summed E-state index contributed by atoms with van der Waals surface area (Å²) in [6.07, 6.45) is 4.97. The zero-order chi connectivity index (χ0) is 14.1. The van der Waals surface area contributed by atoms with Crippen LogP contribution in [0.4, 0.5) is 0 Å². The van der Waals surface area contributed by atoms with Crippen LogP contribution in [0.1, 0.15) is 5.56 Å². The molecule has 19 heavy (non-hydrogen) atoms. The number of terminal acetylenes is 1. The predicted octanol–water partition coefficient (Wildman–Crippen LogP) is 0.666. The van der Waals surface area contributed by atoms with E-state index in [2.05, 4.69) is 11.2 Å². The summed E-state index contributed by atoms with van der Waals surface area (Å²) >= 11 is 0. The lowest BCUT2D eigenvalue weighted by Crippen LogP contribution is -2.30. The van der Waals surface area contributed by atoms with E-state index in [0.29, 0.717) is 5.75 Å². The number of benzene rings is 1. The molecule has 5 heteroatoms. The summed E-state index contributed by atoms with van der Waals surface area (Å²) in [5.74, 6) is 1.80. The molecule has 1 amide bonds. The summed E-state index contributed by atoms with van der Waals surface area (Å²) < 4.78 is 9.99. The second-order valence-electron chi connectivity index (χ2n) is 3.70. The molecule has 0 aliphatic rings. The molecule has 0 aromatic heterocycles. The van der Waals surface area contributed by atoms with Gasteiger partial charge in [0.05, 0.1) is 6.54 Å². The highest BCUT2D eigenvalue weighted by Gasteiger charge is 2.08. The molecule has 1 aromatic rings. The zero-order valence-corrected chi connectivity index (χ0v) is 10.6. The molecule has 1 rings (SSSR count). The zero-order valence-electron chi connectivity index (χ0n) is 10.6. The lowest BCUT2D eigenvalue weighted by Gasteiger charge is -2.08. The summed E-state index contributed by atoms with van der Waals surface area (Å²) in [5, 5.41) is 2.38. The second-order valence-corrected chi connectivity index (χ2v) is 3.70. The summed E-state index contributed by atoms with van der Waals surface area (Å²) in [6.45, 7) is 1.37. The lowest BCUT2D eigenvalue weighted by molar-refractivity contribution is -0.150. The molecule has 0 saturated carbocycles. The number of hydrogen-bond acceptors (Lipinski definition) is 4. The van der Waals surface area contributed by atoms with Gasteiger partial charge in [-0.3, -0.25) is 4.79 Å². The number of esters is 1. The van der Waals surface area contributed by atoms with Gasteiger partial charge in [-0.2, -0.15) is 0 Å². The SMILES string of the molecule is C#CCNC(=O)COC(=O)COc1ccccc1C. The first-order chi connectivity index (χ1) is 9.13. The Kier molecular flexibility index (Phi) is 5.96. The summed E-state index contributed by atoms with van der Waals surface area (Å²) in [4.78, 5) is 22.4. The molecule has 1 N–H and O–H groups in total. The molecular formula is C14H15NO4. The molecule has 0 aliphatic carbocycles. The van der Waals surface area contributed by atoms with E-state index in [9.17, 15) is 9.59 Å². The number of aryl methyl sites for hydroxylation is 1. The summed E-state index contributed by atoms with van der Waals surface area (Å²) in [5.41, 5.74) is 0.919. The van der Waals surface area contributed by atoms with E-state index in [0.717, 1.165) is 5.56 Å². The Bertz CT molecular complexity index is 490. The molecule has 0 atom stereocenters. The van der Waals surface area contributed by atoms with E-state index in [1.807, 2.05) is 19.1 Å². The monoisotopic (exact) mass is 261 g/mol. The van der Waals surface area contributed by atoms with Crippen LogP contribution in [0.15, 0.2) is 24.3 Å². The van der Waals surface area contributed by atoms with Crippen molar-refractivity contribution in [2.24, 2.45) is 0 Å². The quantitative estimate of drug-likeness (QED) is 0.603. The second kappa shape index (κ2) is 7.77. The topological polar surface area (TPSA) is 64.6 Å². The molecular weight excluding hydrogens is 246 g/mol. The lowest BCUT2D eigenvalue weighted by atomic mass is 10.2. The molecule has 0 aliphatic heterocycles. The van der Waals surface area contributed by atoms with Crippen molar-refractivity contribution >= 4 is 11.9 Å². The van der Waals surface area contributed by atoms with Crippen molar-refractivity contribution in [3.05, 3.63) is 29.8 Å². The van der Waals surface area contributed by atoms with Crippen LogP contribution >= 0.6 is 0 Å². The van der Waals surface area contributed by atoms with E-state index < -0.39 is 11.9 Å². The Balaban J connectivity index is 2.27. The van der Waals surface area contributed by atoms with E-state index >= 15 is 0 Å². The fourth-order valence-corrected chi connectivity index (χ4v) is 1.24. The van der Waals surface area contributed by atoms with E-state index in [1.165, 1.54) is 0 Å². The maximum absolute atomic E-state index is 11.3. The molecule has 0 heterocycles. The van der Waals surface area contributed by atoms with Crippen LogP contribution in [-0.2, 0) is 14.3 Å². The van der Waals surface area contributed by atoms with Gasteiger partial charge in [0.2, 0.25) is 0 Å². The molecule has 0 radical (unpaired) electrons. The normalized spacial score (nSPS) is 9.26. The van der Waals surface area contributed by atoms with E-state index in [-0.39, 0.29) is 19.8 Å². The van der Waals surface area contributed by atoms with Crippen LogP contribution in [0.2, 0.25) is 0 Å². The minimum absolute atomic E-state index is 0.107. The first kappa shape index (κ1) is 14.6. The minimum atomic E-state index is -0.612. The number of ether oxygens (including phenoxy) is 2. The van der Waals surface area contributed by atoms with Gasteiger partial charge < -0.3 is 14.8 Å². The van der Waals surface area contributed by atoms with Gasteiger partial charge in [0.15, 0.2) is 13.2 Å². The molecule has 0 saturated heterocycles. The highest BCUT2D eigenvalue weighted by molar-refractivity contribution is 5.81. The Hall–Kier alpha value is -2.48. The molecule has 100 valence electrons. The van der Waals surface area contributed by atoms with Crippen molar-refractivity contribution in [2.75, 3.05) is 19.8 Å². The largest absolute Gasteiger partial charge is 0.482 e. The Morgan fingerprint density at radius 2 is 2.05 bits per heavy atom. The molecule has 5 nitrogen and oxygen atoms in total. The summed E-state index contributed by atoms with van der Waals surface area (Å²) in [6, 6.07) is 7.30. The fraction of sp³-hybridized carbons (Fsp3) is 0.286. The highest BCUT2D eigenvalue weighted by atomic mass is 16.6. The average molecular weight is 261 g/mol. The fourth-order valence-electron chi connectivity index (χ4n) is 1.24. The maximum atomic E-state index is 11.3. The summed E-state index contributed by atoms with van der Waals surface area (Å²) in [7, 11) is 0. The molecule has 1 aromatic carbocycles. The van der Waals surface area contributed by atoms with Crippen molar-refractivity contribution in [3.63, 3.8) is 0 Å². The maximum Gasteiger partial charge on any atom is 0.344 e. The Labute approximate surface area is 111 Å². The van der Waals surface area contributed by atoms with Gasteiger partial charge in [-0.1, -0.05) is 24.1 Å². The van der Waals surface area contributed by atoms with E-state index in [4.69, 9.17) is 15.9 Å². The Morgan fingerprint density at radius 1 is 1.32 bits per heavy atom. The van der Waals surface area contributed by atoms with Crippen molar-refractivity contribution in [1.82, 2.24) is 5.32 Å². The van der Waals surface area contributed by atoms with Crippen LogP contribution in [0, 0.1) is 19.3 Å². The number of carbonyl (C=O) groups excluding carboxylic acids is 2. The van der Waals surface area contributed by atoms with Gasteiger partial charge in [-0.15, -0.1) is 6.42 Å². The van der Waals surface area contributed by atoms with Gasteiger partial charge in [-0.05, 0) is 18.6 Å². The minimum Gasteiger partial charge on any atom is -0.482 e. The molecule has 0 spiro atoms. The molecule has 0 unspecified atom stereocenters. The van der Waals surface area contributed by atoms with Gasteiger partial charge in [0.25, 0.3) is 5.91 Å². The first-order valence-corrected chi connectivity index (χ1v) is 5.67. The molecule has 0 fully saturated rings. The first-order valence-electron chi connectivity index (χ1n) is 5.67. The Morgan fingerprint density at radius 3 is 2.74 bits per heavy atom. The van der Waals surface area contributed by atoms with Crippen molar-refractivity contribution < 1.29 is 19.1 Å². The van der Waals surface area contributed by atoms with Crippen molar-refractivity contribution in [3.8, 4) is 18.1 Å². The standard InChI is InChI=1S/C14H15NO4/c1-3-8-15-13(16)9-19-14(17)10-18-12-7-5-4-6-11(12)2/h1,4-7H,8-10H2,2H3,(H,15,16). The number of hydrogen-bond donors (Lipinski definition) is 1. The van der Waals surface area contributed by atoms with Crippen LogP contribution in [-0.4, -0.2) is 31.6 Å². The number of amides is 1.